The lowest BCUT2D eigenvalue weighted by atomic mass is 9.93. The first-order valence-corrected chi connectivity index (χ1v) is 7.86. The summed E-state index contributed by atoms with van der Waals surface area (Å²) in [4.78, 5) is 12.3. The third kappa shape index (κ3) is 3.44. The van der Waals surface area contributed by atoms with Crippen molar-refractivity contribution in [3.63, 3.8) is 0 Å². The molecule has 1 N–H and O–H groups in total. The van der Waals surface area contributed by atoms with Gasteiger partial charge in [0, 0.05) is 29.9 Å². The van der Waals surface area contributed by atoms with E-state index in [2.05, 4.69) is 20.3 Å². The number of fused-ring (bicyclic) bond motifs is 1. The van der Waals surface area contributed by atoms with Crippen LogP contribution in [0.4, 0.5) is 13.2 Å². The van der Waals surface area contributed by atoms with Gasteiger partial charge in [-0.25, -0.2) is 15.0 Å². The van der Waals surface area contributed by atoms with Crippen LogP contribution in [0.3, 0.4) is 0 Å². The van der Waals surface area contributed by atoms with E-state index in [9.17, 15) is 13.2 Å². The predicted octanol–water partition coefficient (Wildman–Crippen LogP) is 2.91. The second-order valence-corrected chi connectivity index (χ2v) is 6.21. The summed E-state index contributed by atoms with van der Waals surface area (Å²) in [6.07, 6.45) is 0.0603. The molecule has 0 spiro atoms. The van der Waals surface area contributed by atoms with E-state index in [0.717, 1.165) is 36.3 Å². The van der Waals surface area contributed by atoms with Gasteiger partial charge in [-0.1, -0.05) is 0 Å². The van der Waals surface area contributed by atoms with E-state index >= 15 is 0 Å². The van der Waals surface area contributed by atoms with E-state index in [0.29, 0.717) is 23.6 Å². The molecule has 0 radical (unpaired) electrons. The molecule has 1 aliphatic carbocycles. The maximum atomic E-state index is 12.5. The van der Waals surface area contributed by atoms with Gasteiger partial charge in [0.1, 0.15) is 5.82 Å². The van der Waals surface area contributed by atoms with E-state index in [1.54, 1.807) is 0 Å². The Bertz CT molecular complexity index is 668. The molecule has 3 rings (SSSR count). The van der Waals surface area contributed by atoms with Gasteiger partial charge in [0.05, 0.1) is 5.69 Å². The zero-order valence-electron chi connectivity index (χ0n) is 11.9. The summed E-state index contributed by atoms with van der Waals surface area (Å²) >= 11 is 0.637. The number of thiazole rings is 1. The van der Waals surface area contributed by atoms with Crippen molar-refractivity contribution in [3.05, 3.63) is 39.4 Å². The van der Waals surface area contributed by atoms with Crippen LogP contribution in [-0.4, -0.2) is 21.0 Å². The SMILES string of the molecule is Cc1ncc2c(n1)CCC(NCc1csc(C(F)(F)F)n1)C2. The highest BCUT2D eigenvalue weighted by Gasteiger charge is 2.34. The van der Waals surface area contributed by atoms with Crippen molar-refractivity contribution in [1.82, 2.24) is 20.3 Å². The van der Waals surface area contributed by atoms with Crippen molar-refractivity contribution in [2.75, 3.05) is 0 Å². The molecular formula is C14H15F3N4S. The van der Waals surface area contributed by atoms with Crippen molar-refractivity contribution >= 4 is 11.3 Å². The van der Waals surface area contributed by atoms with Crippen molar-refractivity contribution < 1.29 is 13.2 Å². The second kappa shape index (κ2) is 5.92. The number of rotatable bonds is 3. The summed E-state index contributed by atoms with van der Waals surface area (Å²) in [5.41, 5.74) is 2.63. The van der Waals surface area contributed by atoms with Crippen LogP contribution < -0.4 is 5.32 Å². The average Bonchev–Trinajstić information content (AvgIpc) is 2.94. The van der Waals surface area contributed by atoms with Crippen LogP contribution in [0.1, 0.15) is 34.2 Å². The fourth-order valence-electron chi connectivity index (χ4n) is 2.55. The number of aryl methyl sites for hydroxylation is 2. The summed E-state index contributed by atoms with van der Waals surface area (Å²) in [6, 6.07) is 0.217. The van der Waals surface area contributed by atoms with Gasteiger partial charge in [-0.05, 0) is 31.7 Å². The summed E-state index contributed by atoms with van der Waals surface area (Å²) in [6.45, 7) is 2.21. The van der Waals surface area contributed by atoms with E-state index < -0.39 is 11.2 Å². The van der Waals surface area contributed by atoms with Crippen LogP contribution in [-0.2, 0) is 25.6 Å². The van der Waals surface area contributed by atoms with Crippen LogP contribution in [0, 0.1) is 6.92 Å². The number of hydrogen-bond donors (Lipinski definition) is 1. The van der Waals surface area contributed by atoms with Gasteiger partial charge in [0.25, 0.3) is 0 Å². The largest absolute Gasteiger partial charge is 0.443 e. The lowest BCUT2D eigenvalue weighted by Crippen LogP contribution is -2.34. The number of hydrogen-bond acceptors (Lipinski definition) is 5. The monoisotopic (exact) mass is 328 g/mol. The van der Waals surface area contributed by atoms with E-state index in [-0.39, 0.29) is 6.04 Å². The summed E-state index contributed by atoms with van der Waals surface area (Å²) in [5, 5.41) is 3.95. The molecular weight excluding hydrogens is 313 g/mol. The van der Waals surface area contributed by atoms with Crippen LogP contribution in [0.2, 0.25) is 0 Å². The highest BCUT2D eigenvalue weighted by atomic mass is 32.1. The molecule has 0 fully saturated rings. The van der Waals surface area contributed by atoms with Crippen LogP contribution in [0.5, 0.6) is 0 Å². The molecule has 0 bridgehead atoms. The molecule has 1 aliphatic rings. The van der Waals surface area contributed by atoms with Crippen molar-refractivity contribution in [2.24, 2.45) is 0 Å². The van der Waals surface area contributed by atoms with E-state index in [1.807, 2.05) is 13.1 Å². The van der Waals surface area contributed by atoms with Gasteiger partial charge in [-0.15, -0.1) is 11.3 Å². The minimum absolute atomic E-state index is 0.217. The topological polar surface area (TPSA) is 50.7 Å². The van der Waals surface area contributed by atoms with Gasteiger partial charge in [0.15, 0.2) is 5.01 Å². The first-order chi connectivity index (χ1) is 10.4. The molecule has 1 atom stereocenters. The zero-order valence-corrected chi connectivity index (χ0v) is 12.8. The van der Waals surface area contributed by atoms with Crippen molar-refractivity contribution in [3.8, 4) is 0 Å². The number of nitrogens with one attached hydrogen (secondary N) is 1. The van der Waals surface area contributed by atoms with Crippen LogP contribution >= 0.6 is 11.3 Å². The highest BCUT2D eigenvalue weighted by Crippen LogP contribution is 2.31. The molecule has 0 aromatic carbocycles. The van der Waals surface area contributed by atoms with Crippen molar-refractivity contribution in [2.45, 2.75) is 44.9 Å². The number of alkyl halides is 3. The average molecular weight is 328 g/mol. The molecule has 0 saturated carbocycles. The second-order valence-electron chi connectivity index (χ2n) is 5.35. The van der Waals surface area contributed by atoms with Crippen LogP contribution in [0.15, 0.2) is 11.6 Å². The number of nitrogens with zero attached hydrogens (tertiary/aromatic N) is 3. The quantitative estimate of drug-likeness (QED) is 0.941. The molecule has 2 aromatic rings. The molecule has 2 heterocycles. The Hall–Kier alpha value is -1.54. The van der Waals surface area contributed by atoms with Crippen LogP contribution in [0.25, 0.3) is 0 Å². The molecule has 118 valence electrons. The van der Waals surface area contributed by atoms with Gasteiger partial charge in [0.2, 0.25) is 0 Å². The maximum absolute atomic E-state index is 12.5. The summed E-state index contributed by atoms with van der Waals surface area (Å²) in [5.74, 6) is 0.771. The van der Waals surface area contributed by atoms with Gasteiger partial charge in [-0.3, -0.25) is 0 Å². The predicted molar refractivity (Wildman–Crippen MR) is 76.5 cm³/mol. The lowest BCUT2D eigenvalue weighted by molar-refractivity contribution is -0.137. The Morgan fingerprint density at radius 1 is 1.36 bits per heavy atom. The molecule has 0 saturated heterocycles. The summed E-state index contributed by atoms with van der Waals surface area (Å²) in [7, 11) is 0. The van der Waals surface area contributed by atoms with Gasteiger partial charge >= 0.3 is 6.18 Å². The third-order valence-electron chi connectivity index (χ3n) is 3.64. The number of aromatic nitrogens is 3. The Kier molecular flexibility index (Phi) is 4.14. The number of halogens is 3. The fourth-order valence-corrected chi connectivity index (χ4v) is 3.24. The van der Waals surface area contributed by atoms with Gasteiger partial charge in [-0.2, -0.15) is 13.2 Å². The van der Waals surface area contributed by atoms with Gasteiger partial charge < -0.3 is 5.32 Å². The maximum Gasteiger partial charge on any atom is 0.443 e. The van der Waals surface area contributed by atoms with Crippen molar-refractivity contribution in [1.29, 1.82) is 0 Å². The molecule has 8 heteroatoms. The molecule has 0 aliphatic heterocycles. The smallest absolute Gasteiger partial charge is 0.308 e. The fraction of sp³-hybridized carbons (Fsp3) is 0.500. The third-order valence-corrected chi connectivity index (χ3v) is 4.57. The Balaban J connectivity index is 1.59. The minimum atomic E-state index is -4.36. The molecule has 0 amide bonds. The van der Waals surface area contributed by atoms with E-state index in [1.165, 1.54) is 5.38 Å². The Labute approximate surface area is 129 Å². The highest BCUT2D eigenvalue weighted by molar-refractivity contribution is 7.09. The summed E-state index contributed by atoms with van der Waals surface area (Å²) < 4.78 is 37.5. The van der Waals surface area contributed by atoms with E-state index in [4.69, 9.17) is 0 Å². The molecule has 22 heavy (non-hydrogen) atoms. The molecule has 4 nitrogen and oxygen atoms in total. The molecule has 2 aromatic heterocycles. The standard InChI is InChI=1S/C14H15F3N4S/c1-8-18-5-9-4-10(2-3-12(9)20-8)19-6-11-7-22-13(21-11)14(15,16)17/h5,7,10,19H,2-4,6H2,1H3. The first kappa shape index (κ1) is 15.4. The Morgan fingerprint density at radius 3 is 2.91 bits per heavy atom. The normalized spacial score (nSPS) is 18.3. The zero-order chi connectivity index (χ0) is 15.7. The minimum Gasteiger partial charge on any atom is -0.308 e. The Morgan fingerprint density at radius 2 is 2.18 bits per heavy atom. The molecule has 1 unspecified atom stereocenters. The lowest BCUT2D eigenvalue weighted by Gasteiger charge is -2.24. The first-order valence-electron chi connectivity index (χ1n) is 6.98.